The fourth-order valence-corrected chi connectivity index (χ4v) is 6.03. The van der Waals surface area contributed by atoms with Gasteiger partial charge in [0.25, 0.3) is 0 Å². The molecule has 1 aromatic rings. The zero-order valence-corrected chi connectivity index (χ0v) is 15.0. The van der Waals surface area contributed by atoms with E-state index in [1.807, 2.05) is 18.4 Å². The summed E-state index contributed by atoms with van der Waals surface area (Å²) in [6, 6.07) is 8.05. The Morgan fingerprint density at radius 1 is 1.18 bits per heavy atom. The molecule has 6 heteroatoms. The minimum Gasteiger partial charge on any atom is -0.298 e. The van der Waals surface area contributed by atoms with Crippen molar-refractivity contribution in [1.82, 2.24) is 9.21 Å². The van der Waals surface area contributed by atoms with Crippen LogP contribution < -0.4 is 0 Å². The molecule has 2 saturated heterocycles. The number of thioether (sulfide) groups is 1. The van der Waals surface area contributed by atoms with Crippen molar-refractivity contribution in [3.8, 4) is 0 Å². The quantitative estimate of drug-likeness (QED) is 0.790. The van der Waals surface area contributed by atoms with Crippen LogP contribution >= 0.6 is 11.8 Å². The Kier molecular flexibility index (Phi) is 4.56. The summed E-state index contributed by atoms with van der Waals surface area (Å²) in [6.07, 6.45) is 3.93. The van der Waals surface area contributed by atoms with E-state index in [1.165, 1.54) is 0 Å². The first-order valence-electron chi connectivity index (χ1n) is 7.85. The van der Waals surface area contributed by atoms with Gasteiger partial charge in [-0.25, -0.2) is 8.42 Å². The van der Waals surface area contributed by atoms with Crippen molar-refractivity contribution in [2.24, 2.45) is 0 Å². The molecule has 2 aliphatic heterocycles. The summed E-state index contributed by atoms with van der Waals surface area (Å²) in [7, 11) is -3.39. The molecule has 2 bridgehead atoms. The molecule has 2 atom stereocenters. The molecular formula is C16H24N2O2S2. The molecule has 0 N–H and O–H groups in total. The standard InChI is InChI=1S/C16H24N2O2S2/c1-12(2)17-10-13-7-8-14(11-17)18(13)22(19,20)16-6-4-5-15(9-16)21-3/h4-6,9,12-14H,7-8,10-11H2,1-3H3. The van der Waals surface area contributed by atoms with E-state index in [-0.39, 0.29) is 12.1 Å². The first-order valence-corrected chi connectivity index (χ1v) is 10.5. The molecule has 0 saturated carbocycles. The largest absolute Gasteiger partial charge is 0.298 e. The van der Waals surface area contributed by atoms with Crippen LogP contribution in [0.15, 0.2) is 34.1 Å². The van der Waals surface area contributed by atoms with Crippen molar-refractivity contribution >= 4 is 21.8 Å². The predicted octanol–water partition coefficient (Wildman–Crippen LogP) is 2.65. The van der Waals surface area contributed by atoms with Gasteiger partial charge in [0.05, 0.1) is 4.90 Å². The van der Waals surface area contributed by atoms with E-state index in [2.05, 4.69) is 18.7 Å². The number of hydrogen-bond donors (Lipinski definition) is 0. The highest BCUT2D eigenvalue weighted by Gasteiger charge is 2.46. The van der Waals surface area contributed by atoms with Crippen LogP contribution in [0.3, 0.4) is 0 Å². The Morgan fingerprint density at radius 3 is 2.36 bits per heavy atom. The molecule has 2 fully saturated rings. The molecule has 2 heterocycles. The highest BCUT2D eigenvalue weighted by Crippen LogP contribution is 2.36. The number of nitrogens with zero attached hydrogens (tertiary/aromatic N) is 2. The number of benzene rings is 1. The second kappa shape index (κ2) is 6.15. The fourth-order valence-electron chi connectivity index (χ4n) is 3.59. The molecule has 0 spiro atoms. The summed E-state index contributed by atoms with van der Waals surface area (Å²) in [6.45, 7) is 6.09. The van der Waals surface area contributed by atoms with Crippen LogP contribution in [0.1, 0.15) is 26.7 Å². The minimum atomic E-state index is -3.39. The highest BCUT2D eigenvalue weighted by molar-refractivity contribution is 7.98. The van der Waals surface area contributed by atoms with Crippen LogP contribution in [0, 0.1) is 0 Å². The Bertz CT molecular complexity index is 631. The molecule has 0 amide bonds. The van der Waals surface area contributed by atoms with E-state index in [1.54, 1.807) is 28.2 Å². The number of sulfonamides is 1. The molecule has 2 aliphatic rings. The summed E-state index contributed by atoms with van der Waals surface area (Å²) >= 11 is 1.58. The second-order valence-corrected chi connectivity index (χ2v) is 9.17. The maximum Gasteiger partial charge on any atom is 0.243 e. The van der Waals surface area contributed by atoms with Crippen LogP contribution in [-0.4, -0.2) is 55.1 Å². The van der Waals surface area contributed by atoms with Crippen molar-refractivity contribution in [2.75, 3.05) is 19.3 Å². The minimum absolute atomic E-state index is 0.129. The average Bonchev–Trinajstić information content (AvgIpc) is 2.78. The summed E-state index contributed by atoms with van der Waals surface area (Å²) in [4.78, 5) is 3.84. The summed E-state index contributed by atoms with van der Waals surface area (Å²) in [5.74, 6) is 0. The number of fused-ring (bicyclic) bond motifs is 2. The lowest BCUT2D eigenvalue weighted by Gasteiger charge is -2.41. The van der Waals surface area contributed by atoms with Crippen LogP contribution in [0.25, 0.3) is 0 Å². The lowest BCUT2D eigenvalue weighted by atomic mass is 10.2. The lowest BCUT2D eigenvalue weighted by molar-refractivity contribution is 0.103. The summed E-state index contributed by atoms with van der Waals surface area (Å²) < 4.78 is 28.0. The predicted molar refractivity (Wildman–Crippen MR) is 90.8 cm³/mol. The third-order valence-electron chi connectivity index (χ3n) is 4.79. The van der Waals surface area contributed by atoms with Crippen molar-refractivity contribution < 1.29 is 8.42 Å². The summed E-state index contributed by atoms with van der Waals surface area (Å²) in [5.41, 5.74) is 0. The Balaban J connectivity index is 1.90. The highest BCUT2D eigenvalue weighted by atomic mass is 32.2. The molecule has 0 aliphatic carbocycles. The smallest absolute Gasteiger partial charge is 0.243 e. The van der Waals surface area contributed by atoms with Crippen molar-refractivity contribution in [2.45, 2.75) is 54.6 Å². The third-order valence-corrected chi connectivity index (χ3v) is 7.52. The van der Waals surface area contributed by atoms with Gasteiger partial charge >= 0.3 is 0 Å². The first-order chi connectivity index (χ1) is 10.4. The molecule has 4 nitrogen and oxygen atoms in total. The Morgan fingerprint density at radius 2 is 1.82 bits per heavy atom. The van der Waals surface area contributed by atoms with Crippen molar-refractivity contribution in [3.05, 3.63) is 24.3 Å². The van der Waals surface area contributed by atoms with Gasteiger partial charge in [-0.05, 0) is 51.1 Å². The third kappa shape index (κ3) is 2.82. The molecule has 0 aromatic heterocycles. The van der Waals surface area contributed by atoms with Crippen LogP contribution in [0.5, 0.6) is 0 Å². The topological polar surface area (TPSA) is 40.6 Å². The van der Waals surface area contributed by atoms with Crippen LogP contribution in [0.4, 0.5) is 0 Å². The van der Waals surface area contributed by atoms with Crippen molar-refractivity contribution in [1.29, 1.82) is 0 Å². The number of rotatable bonds is 4. The molecule has 122 valence electrons. The average molecular weight is 341 g/mol. The van der Waals surface area contributed by atoms with Gasteiger partial charge in [-0.15, -0.1) is 11.8 Å². The normalized spacial score (nSPS) is 26.7. The van der Waals surface area contributed by atoms with Gasteiger partial charge in [0.1, 0.15) is 0 Å². The molecule has 22 heavy (non-hydrogen) atoms. The van der Waals surface area contributed by atoms with Crippen LogP contribution in [-0.2, 0) is 10.0 Å². The molecule has 2 unspecified atom stereocenters. The van der Waals surface area contributed by atoms with E-state index < -0.39 is 10.0 Å². The van der Waals surface area contributed by atoms with Gasteiger partial charge in [0.15, 0.2) is 0 Å². The first kappa shape index (κ1) is 16.3. The molecule has 3 rings (SSSR count). The fraction of sp³-hybridized carbons (Fsp3) is 0.625. The molecule has 0 radical (unpaired) electrons. The second-order valence-electron chi connectivity index (χ2n) is 6.45. The lowest BCUT2D eigenvalue weighted by Crippen LogP contribution is -2.57. The SMILES string of the molecule is CSc1cccc(S(=O)(=O)N2C3CCC2CN(C(C)C)C3)c1. The van der Waals surface area contributed by atoms with Gasteiger partial charge in [0, 0.05) is 36.1 Å². The zero-order chi connectivity index (χ0) is 15.9. The van der Waals surface area contributed by atoms with Gasteiger partial charge < -0.3 is 0 Å². The number of piperazine rings is 1. The van der Waals surface area contributed by atoms with Gasteiger partial charge in [-0.2, -0.15) is 4.31 Å². The maximum absolute atomic E-state index is 13.1. The Labute approximate surface area is 137 Å². The maximum atomic E-state index is 13.1. The van der Waals surface area contributed by atoms with E-state index in [0.717, 1.165) is 30.8 Å². The zero-order valence-electron chi connectivity index (χ0n) is 13.4. The molecular weight excluding hydrogens is 316 g/mol. The number of likely N-dealkylation sites (tertiary alicyclic amines) is 1. The Hall–Kier alpha value is -0.560. The van der Waals surface area contributed by atoms with Gasteiger partial charge in [-0.3, -0.25) is 4.90 Å². The van der Waals surface area contributed by atoms with E-state index in [9.17, 15) is 8.42 Å². The summed E-state index contributed by atoms with van der Waals surface area (Å²) in [5, 5.41) is 0. The van der Waals surface area contributed by atoms with E-state index >= 15 is 0 Å². The van der Waals surface area contributed by atoms with Gasteiger partial charge in [0.2, 0.25) is 10.0 Å². The molecule has 1 aromatic carbocycles. The van der Waals surface area contributed by atoms with E-state index in [4.69, 9.17) is 0 Å². The van der Waals surface area contributed by atoms with Crippen molar-refractivity contribution in [3.63, 3.8) is 0 Å². The number of hydrogen-bond acceptors (Lipinski definition) is 4. The van der Waals surface area contributed by atoms with Crippen LogP contribution in [0.2, 0.25) is 0 Å². The monoisotopic (exact) mass is 340 g/mol. The van der Waals surface area contributed by atoms with E-state index in [0.29, 0.717) is 10.9 Å². The van der Waals surface area contributed by atoms with Gasteiger partial charge in [-0.1, -0.05) is 6.07 Å².